The molecule has 9 heteroatoms. The first-order chi connectivity index (χ1) is 11.3. The second kappa shape index (κ2) is 7.00. The lowest BCUT2D eigenvalue weighted by molar-refractivity contribution is -0.388. The van der Waals surface area contributed by atoms with Gasteiger partial charge >= 0.3 is 6.18 Å². The molecule has 2 rings (SSSR count). The highest BCUT2D eigenvalue weighted by Crippen LogP contribution is 2.42. The summed E-state index contributed by atoms with van der Waals surface area (Å²) in [5.74, 6) is 0.962. The normalized spacial score (nSPS) is 11.2. The molecule has 0 spiro atoms. The molecule has 0 aliphatic rings. The summed E-state index contributed by atoms with van der Waals surface area (Å²) in [7, 11) is 2.90. The predicted octanol–water partition coefficient (Wildman–Crippen LogP) is 4.78. The van der Waals surface area contributed by atoms with Crippen molar-refractivity contribution in [2.24, 2.45) is 0 Å². The average molecular weight is 359 g/mol. The topological polar surface area (TPSA) is 61.6 Å². The molecule has 5 nitrogen and oxygen atoms in total. The number of hydrogen-bond acceptors (Lipinski definition) is 5. The molecular formula is C15H12F3NO4S. The molecule has 0 amide bonds. The van der Waals surface area contributed by atoms with Gasteiger partial charge in [0, 0.05) is 11.0 Å². The van der Waals surface area contributed by atoms with Crippen LogP contribution in [0.5, 0.6) is 11.5 Å². The van der Waals surface area contributed by atoms with Gasteiger partial charge in [-0.05, 0) is 30.3 Å². The molecule has 0 N–H and O–H groups in total. The summed E-state index contributed by atoms with van der Waals surface area (Å²) in [6.07, 6.45) is -4.82. The molecule has 24 heavy (non-hydrogen) atoms. The molecule has 0 aliphatic carbocycles. The van der Waals surface area contributed by atoms with Crippen molar-refractivity contribution in [2.45, 2.75) is 16.0 Å². The first-order valence-corrected chi connectivity index (χ1v) is 7.33. The molecule has 128 valence electrons. The number of benzene rings is 2. The summed E-state index contributed by atoms with van der Waals surface area (Å²) in [5, 5.41) is 10.8. The second-order valence-corrected chi connectivity index (χ2v) is 5.67. The maximum atomic E-state index is 13.0. The van der Waals surface area contributed by atoms with Gasteiger partial charge in [0.2, 0.25) is 0 Å². The van der Waals surface area contributed by atoms with Crippen LogP contribution >= 0.6 is 11.8 Å². The van der Waals surface area contributed by atoms with Gasteiger partial charge in [-0.15, -0.1) is 0 Å². The number of alkyl halides is 3. The molecule has 2 aromatic carbocycles. The summed E-state index contributed by atoms with van der Waals surface area (Å²) in [6.45, 7) is 0. The van der Waals surface area contributed by atoms with Crippen LogP contribution in [-0.4, -0.2) is 19.1 Å². The van der Waals surface area contributed by atoms with Gasteiger partial charge in [-0.2, -0.15) is 13.2 Å². The first kappa shape index (κ1) is 17.9. The van der Waals surface area contributed by atoms with E-state index in [0.29, 0.717) is 16.4 Å². The zero-order valence-electron chi connectivity index (χ0n) is 12.6. The van der Waals surface area contributed by atoms with Gasteiger partial charge in [-0.25, -0.2) is 0 Å². The molecule has 0 unspecified atom stereocenters. The number of nitro benzene ring substituents is 1. The fourth-order valence-electron chi connectivity index (χ4n) is 1.96. The molecule has 0 heterocycles. The van der Waals surface area contributed by atoms with Crippen LogP contribution in [0.15, 0.2) is 46.2 Å². The Morgan fingerprint density at radius 1 is 1.08 bits per heavy atom. The van der Waals surface area contributed by atoms with E-state index in [2.05, 4.69) is 0 Å². The van der Waals surface area contributed by atoms with E-state index in [9.17, 15) is 23.3 Å². The van der Waals surface area contributed by atoms with Crippen LogP contribution < -0.4 is 9.47 Å². The summed E-state index contributed by atoms with van der Waals surface area (Å²) in [4.78, 5) is 10.5. The fourth-order valence-corrected chi connectivity index (χ4v) is 2.95. The second-order valence-electron chi connectivity index (χ2n) is 4.55. The maximum absolute atomic E-state index is 13.0. The monoisotopic (exact) mass is 359 g/mol. The van der Waals surface area contributed by atoms with Crippen LogP contribution in [0.4, 0.5) is 18.9 Å². The summed E-state index contributed by atoms with van der Waals surface area (Å²) >= 11 is 0.991. The van der Waals surface area contributed by atoms with Gasteiger partial charge in [0.05, 0.1) is 24.0 Å². The third-order valence-electron chi connectivity index (χ3n) is 3.07. The van der Waals surface area contributed by atoms with Gasteiger partial charge in [-0.1, -0.05) is 11.8 Å². The van der Waals surface area contributed by atoms with E-state index in [-0.39, 0.29) is 4.90 Å². The van der Waals surface area contributed by atoms with Crippen molar-refractivity contribution in [3.8, 4) is 11.5 Å². The van der Waals surface area contributed by atoms with Crippen molar-refractivity contribution in [2.75, 3.05) is 14.2 Å². The maximum Gasteiger partial charge on any atom is 0.423 e. The molecule has 0 saturated heterocycles. The minimum atomic E-state index is -4.82. The molecule has 0 radical (unpaired) electrons. The zero-order chi connectivity index (χ0) is 17.9. The smallest absolute Gasteiger partial charge is 0.423 e. The number of methoxy groups -OCH3 is 2. The number of nitrogens with zero attached hydrogens (tertiary/aromatic N) is 1. The molecule has 0 bridgehead atoms. The highest BCUT2D eigenvalue weighted by Gasteiger charge is 2.38. The van der Waals surface area contributed by atoms with Crippen molar-refractivity contribution in [1.29, 1.82) is 0 Å². The summed E-state index contributed by atoms with van der Waals surface area (Å²) in [5.41, 5.74) is -2.27. The van der Waals surface area contributed by atoms with E-state index in [1.54, 1.807) is 18.2 Å². The van der Waals surface area contributed by atoms with Crippen molar-refractivity contribution < 1.29 is 27.6 Å². The van der Waals surface area contributed by atoms with Gasteiger partial charge < -0.3 is 9.47 Å². The van der Waals surface area contributed by atoms with E-state index in [0.717, 1.165) is 23.9 Å². The van der Waals surface area contributed by atoms with Crippen LogP contribution in [0, 0.1) is 10.1 Å². The number of ether oxygens (including phenoxy) is 2. The Labute approximate surface area is 139 Å². The lowest BCUT2D eigenvalue weighted by Gasteiger charge is -2.12. The van der Waals surface area contributed by atoms with Crippen LogP contribution in [-0.2, 0) is 6.18 Å². The Balaban J connectivity index is 2.46. The Morgan fingerprint density at radius 3 is 2.33 bits per heavy atom. The van der Waals surface area contributed by atoms with Gasteiger partial charge in [0.15, 0.2) is 0 Å². The van der Waals surface area contributed by atoms with Crippen LogP contribution in [0.2, 0.25) is 0 Å². The van der Waals surface area contributed by atoms with Crippen LogP contribution in [0.1, 0.15) is 5.56 Å². The predicted molar refractivity (Wildman–Crippen MR) is 81.8 cm³/mol. The Hall–Kier alpha value is -2.42. The van der Waals surface area contributed by atoms with E-state index < -0.39 is 22.4 Å². The van der Waals surface area contributed by atoms with E-state index >= 15 is 0 Å². The summed E-state index contributed by atoms with van der Waals surface area (Å²) < 4.78 is 49.4. The van der Waals surface area contributed by atoms with E-state index in [1.807, 2.05) is 0 Å². The lowest BCUT2D eigenvalue weighted by atomic mass is 10.2. The third-order valence-corrected chi connectivity index (χ3v) is 4.10. The number of hydrogen-bond donors (Lipinski definition) is 0. The molecule has 2 aromatic rings. The zero-order valence-corrected chi connectivity index (χ0v) is 13.4. The quantitative estimate of drug-likeness (QED) is 0.568. The molecule has 0 atom stereocenters. The highest BCUT2D eigenvalue weighted by molar-refractivity contribution is 7.99. The van der Waals surface area contributed by atoms with Gasteiger partial charge in [0.1, 0.15) is 17.1 Å². The standard InChI is InChI=1S/C15H12F3NO4S/c1-22-9-3-6-13(23-2)14(7-9)24-10-4-5-12(19(20)21)11(8-10)15(16,17)18/h3-8H,1-2H3. The third kappa shape index (κ3) is 3.91. The fraction of sp³-hybridized carbons (Fsp3) is 0.200. The van der Waals surface area contributed by atoms with Crippen LogP contribution in [0.3, 0.4) is 0 Å². The number of halogens is 3. The van der Waals surface area contributed by atoms with Crippen LogP contribution in [0.25, 0.3) is 0 Å². The molecular weight excluding hydrogens is 347 g/mol. The lowest BCUT2D eigenvalue weighted by Crippen LogP contribution is -2.08. The van der Waals surface area contributed by atoms with Gasteiger partial charge in [0.25, 0.3) is 5.69 Å². The van der Waals surface area contributed by atoms with Gasteiger partial charge in [-0.3, -0.25) is 10.1 Å². The minimum Gasteiger partial charge on any atom is -0.497 e. The van der Waals surface area contributed by atoms with E-state index in [1.165, 1.54) is 20.3 Å². The average Bonchev–Trinajstić information content (AvgIpc) is 2.53. The van der Waals surface area contributed by atoms with Crippen molar-refractivity contribution in [3.63, 3.8) is 0 Å². The number of nitro groups is 1. The molecule has 0 fully saturated rings. The molecule has 0 saturated carbocycles. The summed E-state index contributed by atoms with van der Waals surface area (Å²) in [6, 6.07) is 7.74. The Morgan fingerprint density at radius 2 is 1.79 bits per heavy atom. The molecule has 0 aliphatic heterocycles. The van der Waals surface area contributed by atoms with Crippen molar-refractivity contribution in [1.82, 2.24) is 0 Å². The Bertz CT molecular complexity index is 765. The number of rotatable bonds is 5. The Kier molecular flexibility index (Phi) is 5.23. The van der Waals surface area contributed by atoms with Crippen molar-refractivity contribution in [3.05, 3.63) is 52.1 Å². The largest absolute Gasteiger partial charge is 0.497 e. The SMILES string of the molecule is COc1ccc(OC)c(Sc2ccc([N+](=O)[O-])c(C(F)(F)F)c2)c1. The highest BCUT2D eigenvalue weighted by atomic mass is 32.2. The van der Waals surface area contributed by atoms with E-state index in [4.69, 9.17) is 9.47 Å². The van der Waals surface area contributed by atoms with Crippen molar-refractivity contribution >= 4 is 17.4 Å². The first-order valence-electron chi connectivity index (χ1n) is 6.51. The molecule has 0 aromatic heterocycles. The minimum absolute atomic E-state index is 0.194.